The number of nitrogens with one attached hydrogen (secondary N) is 1. The lowest BCUT2D eigenvalue weighted by atomic mass is 10.2. The Morgan fingerprint density at radius 2 is 1.91 bits per heavy atom. The number of methoxy groups -OCH3 is 1. The number of nitrogens with zero attached hydrogens (tertiary/aromatic N) is 1. The first kappa shape index (κ1) is 15.4. The molecule has 0 saturated carbocycles. The van der Waals surface area contributed by atoms with Crippen molar-refractivity contribution in [1.82, 2.24) is 0 Å². The van der Waals surface area contributed by atoms with Crippen molar-refractivity contribution in [2.75, 3.05) is 12.4 Å². The van der Waals surface area contributed by atoms with Crippen molar-refractivity contribution in [2.24, 2.45) is 0 Å². The molecular weight excluding hydrogens is 280 g/mol. The van der Waals surface area contributed by atoms with Gasteiger partial charge >= 0.3 is 0 Å². The lowest BCUT2D eigenvalue weighted by Gasteiger charge is -2.15. The van der Waals surface area contributed by atoms with Crippen molar-refractivity contribution < 1.29 is 14.3 Å². The highest BCUT2D eigenvalue weighted by molar-refractivity contribution is 5.94. The van der Waals surface area contributed by atoms with Crippen LogP contribution in [0.5, 0.6) is 11.5 Å². The molecule has 0 aliphatic carbocycles. The van der Waals surface area contributed by atoms with Crippen LogP contribution in [0.1, 0.15) is 12.5 Å². The van der Waals surface area contributed by atoms with Gasteiger partial charge in [0.25, 0.3) is 5.91 Å². The summed E-state index contributed by atoms with van der Waals surface area (Å²) in [6, 6.07) is 15.8. The fourth-order valence-electron chi connectivity index (χ4n) is 1.84. The van der Waals surface area contributed by atoms with Gasteiger partial charge in [0.05, 0.1) is 18.7 Å². The van der Waals surface area contributed by atoms with Gasteiger partial charge in [-0.25, -0.2) is 0 Å². The number of nitriles is 1. The predicted octanol–water partition coefficient (Wildman–Crippen LogP) is 2.97. The molecule has 0 saturated heterocycles. The van der Waals surface area contributed by atoms with Crippen molar-refractivity contribution in [3.8, 4) is 17.6 Å². The smallest absolute Gasteiger partial charge is 0.265 e. The summed E-state index contributed by atoms with van der Waals surface area (Å²) in [5, 5.41) is 11.6. The van der Waals surface area contributed by atoms with Gasteiger partial charge in [-0.15, -0.1) is 0 Å². The molecule has 2 aromatic carbocycles. The maximum atomic E-state index is 12.1. The van der Waals surface area contributed by atoms with Gasteiger partial charge in [-0.3, -0.25) is 4.79 Å². The quantitative estimate of drug-likeness (QED) is 0.920. The standard InChI is InChI=1S/C17H16N2O3/c1-12(22-16-8-4-7-15(10-16)21-2)17(20)19-14-6-3-5-13(9-14)11-18/h3-10,12H,1-2H3,(H,19,20). The van der Waals surface area contributed by atoms with Gasteiger partial charge in [0.15, 0.2) is 6.10 Å². The molecule has 0 heterocycles. The molecule has 1 N–H and O–H groups in total. The van der Waals surface area contributed by atoms with Crippen LogP contribution in [0.15, 0.2) is 48.5 Å². The summed E-state index contributed by atoms with van der Waals surface area (Å²) in [6.07, 6.45) is -0.683. The molecule has 1 atom stereocenters. The third kappa shape index (κ3) is 4.00. The zero-order valence-corrected chi connectivity index (χ0v) is 12.4. The number of amides is 1. The van der Waals surface area contributed by atoms with Crippen LogP contribution in [-0.2, 0) is 4.79 Å². The van der Waals surface area contributed by atoms with Crippen LogP contribution in [0.25, 0.3) is 0 Å². The Balaban J connectivity index is 2.01. The topological polar surface area (TPSA) is 71.3 Å². The summed E-state index contributed by atoms with van der Waals surface area (Å²) in [4.78, 5) is 12.1. The molecule has 0 radical (unpaired) electrons. The average molecular weight is 296 g/mol. The van der Waals surface area contributed by atoms with Gasteiger partial charge in [-0.1, -0.05) is 12.1 Å². The molecule has 2 rings (SSSR count). The van der Waals surface area contributed by atoms with Crippen LogP contribution < -0.4 is 14.8 Å². The molecule has 22 heavy (non-hydrogen) atoms. The van der Waals surface area contributed by atoms with Gasteiger partial charge in [0.2, 0.25) is 0 Å². The molecular formula is C17H16N2O3. The number of hydrogen-bond donors (Lipinski definition) is 1. The molecule has 112 valence electrons. The van der Waals surface area contributed by atoms with Crippen LogP contribution >= 0.6 is 0 Å². The number of carbonyl (C=O) groups excluding carboxylic acids is 1. The van der Waals surface area contributed by atoms with Gasteiger partial charge in [0.1, 0.15) is 11.5 Å². The minimum Gasteiger partial charge on any atom is -0.497 e. The second-order valence-electron chi connectivity index (χ2n) is 4.62. The molecule has 0 bridgehead atoms. The predicted molar refractivity (Wildman–Crippen MR) is 82.9 cm³/mol. The lowest BCUT2D eigenvalue weighted by Crippen LogP contribution is -2.30. The summed E-state index contributed by atoms with van der Waals surface area (Å²) < 4.78 is 10.7. The van der Waals surface area contributed by atoms with E-state index in [4.69, 9.17) is 14.7 Å². The van der Waals surface area contributed by atoms with Crippen molar-refractivity contribution in [3.05, 3.63) is 54.1 Å². The van der Waals surface area contributed by atoms with E-state index < -0.39 is 6.10 Å². The Morgan fingerprint density at radius 3 is 2.64 bits per heavy atom. The first-order valence-corrected chi connectivity index (χ1v) is 6.74. The van der Waals surface area contributed by atoms with Crippen LogP contribution in [0.2, 0.25) is 0 Å². The SMILES string of the molecule is COc1cccc(OC(C)C(=O)Nc2cccc(C#N)c2)c1. The largest absolute Gasteiger partial charge is 0.497 e. The van der Waals surface area contributed by atoms with Gasteiger partial charge in [0, 0.05) is 11.8 Å². The number of carbonyl (C=O) groups is 1. The highest BCUT2D eigenvalue weighted by atomic mass is 16.5. The van der Waals surface area contributed by atoms with Gasteiger partial charge < -0.3 is 14.8 Å². The molecule has 1 amide bonds. The molecule has 0 aromatic heterocycles. The highest BCUT2D eigenvalue weighted by Gasteiger charge is 2.15. The molecule has 5 heteroatoms. The van der Waals surface area contributed by atoms with Crippen LogP contribution in [-0.4, -0.2) is 19.1 Å². The van der Waals surface area contributed by atoms with Gasteiger partial charge in [-0.2, -0.15) is 5.26 Å². The monoisotopic (exact) mass is 296 g/mol. The molecule has 0 aliphatic heterocycles. The van der Waals surface area contributed by atoms with Crippen LogP contribution in [0, 0.1) is 11.3 Å². The van der Waals surface area contributed by atoms with E-state index in [-0.39, 0.29) is 5.91 Å². The van der Waals surface area contributed by atoms with E-state index in [1.165, 1.54) is 0 Å². The fourth-order valence-corrected chi connectivity index (χ4v) is 1.84. The van der Waals surface area contributed by atoms with Crippen molar-refractivity contribution in [3.63, 3.8) is 0 Å². The maximum absolute atomic E-state index is 12.1. The Labute approximate surface area is 129 Å². The molecule has 0 spiro atoms. The zero-order chi connectivity index (χ0) is 15.9. The number of anilines is 1. The number of ether oxygens (including phenoxy) is 2. The second-order valence-corrected chi connectivity index (χ2v) is 4.62. The van der Waals surface area contributed by atoms with E-state index in [9.17, 15) is 4.79 Å². The summed E-state index contributed by atoms with van der Waals surface area (Å²) >= 11 is 0. The Hall–Kier alpha value is -3.00. The van der Waals surface area contributed by atoms with Crippen molar-refractivity contribution in [2.45, 2.75) is 13.0 Å². The number of hydrogen-bond acceptors (Lipinski definition) is 4. The maximum Gasteiger partial charge on any atom is 0.265 e. The van der Waals surface area contributed by atoms with E-state index >= 15 is 0 Å². The summed E-state index contributed by atoms with van der Waals surface area (Å²) in [5.41, 5.74) is 1.05. The zero-order valence-electron chi connectivity index (χ0n) is 12.4. The normalized spacial score (nSPS) is 11.1. The first-order valence-electron chi connectivity index (χ1n) is 6.74. The Morgan fingerprint density at radius 1 is 1.18 bits per heavy atom. The highest BCUT2D eigenvalue weighted by Crippen LogP contribution is 2.20. The summed E-state index contributed by atoms with van der Waals surface area (Å²) in [5.74, 6) is 0.914. The van der Waals surface area contributed by atoms with E-state index in [2.05, 4.69) is 5.32 Å². The minimum absolute atomic E-state index is 0.294. The van der Waals surface area contributed by atoms with E-state index in [0.29, 0.717) is 22.7 Å². The molecule has 5 nitrogen and oxygen atoms in total. The van der Waals surface area contributed by atoms with E-state index in [1.54, 1.807) is 62.6 Å². The molecule has 1 unspecified atom stereocenters. The van der Waals surface area contributed by atoms with E-state index in [1.807, 2.05) is 6.07 Å². The fraction of sp³-hybridized carbons (Fsp3) is 0.176. The average Bonchev–Trinajstić information content (AvgIpc) is 2.55. The molecule has 0 fully saturated rings. The van der Waals surface area contributed by atoms with Gasteiger partial charge in [-0.05, 0) is 37.3 Å². The summed E-state index contributed by atoms with van der Waals surface area (Å²) in [7, 11) is 1.57. The minimum atomic E-state index is -0.683. The number of rotatable bonds is 5. The Bertz CT molecular complexity index is 707. The van der Waals surface area contributed by atoms with Crippen LogP contribution in [0.4, 0.5) is 5.69 Å². The third-order valence-corrected chi connectivity index (χ3v) is 2.98. The van der Waals surface area contributed by atoms with Crippen molar-refractivity contribution in [1.29, 1.82) is 5.26 Å². The molecule has 2 aromatic rings. The second kappa shape index (κ2) is 7.14. The lowest BCUT2D eigenvalue weighted by molar-refractivity contribution is -0.122. The van der Waals surface area contributed by atoms with E-state index in [0.717, 1.165) is 0 Å². The number of benzene rings is 2. The van der Waals surface area contributed by atoms with Crippen LogP contribution in [0.3, 0.4) is 0 Å². The Kier molecular flexibility index (Phi) is 4.99. The van der Waals surface area contributed by atoms with Crippen molar-refractivity contribution >= 4 is 11.6 Å². The molecule has 0 aliphatic rings. The first-order chi connectivity index (χ1) is 10.6. The summed E-state index contributed by atoms with van der Waals surface area (Å²) in [6.45, 7) is 1.66. The third-order valence-electron chi connectivity index (χ3n) is 2.98.